The van der Waals surface area contributed by atoms with Crippen molar-refractivity contribution in [3.63, 3.8) is 0 Å². The Morgan fingerprint density at radius 1 is 0.593 bits per heavy atom. The molecule has 2 heteroatoms. The molecule has 1 aromatic heterocycles. The van der Waals surface area contributed by atoms with Crippen LogP contribution in [0.15, 0.2) is 91.0 Å². The molecule has 0 bridgehead atoms. The van der Waals surface area contributed by atoms with E-state index in [9.17, 15) is 0 Å². The molecule has 0 aliphatic heterocycles. The summed E-state index contributed by atoms with van der Waals surface area (Å²) in [5.41, 5.74) is 7.65. The van der Waals surface area contributed by atoms with Crippen LogP contribution in [0.2, 0.25) is 0 Å². The van der Waals surface area contributed by atoms with Crippen molar-refractivity contribution in [3.05, 3.63) is 96.6 Å². The van der Waals surface area contributed by atoms with E-state index >= 15 is 0 Å². The lowest BCUT2D eigenvalue weighted by Gasteiger charge is -2.20. The summed E-state index contributed by atoms with van der Waals surface area (Å²) in [6, 6.07) is 31.2. The van der Waals surface area contributed by atoms with Gasteiger partial charge in [0, 0.05) is 16.7 Å². The first-order chi connectivity index (χ1) is 13.3. The van der Waals surface area contributed by atoms with Crippen molar-refractivity contribution in [1.29, 1.82) is 0 Å². The maximum atomic E-state index is 5.65. The number of hydrogen-bond donors (Lipinski definition) is 0. The smallest absolute Gasteiger partial charge is 0.217 e. The fraction of sp³-hybridized carbons (Fsp3) is 0.0800. The van der Waals surface area contributed by atoms with Gasteiger partial charge in [0.1, 0.15) is 0 Å². The zero-order valence-electron chi connectivity index (χ0n) is 15.5. The molecule has 0 fully saturated rings. The van der Waals surface area contributed by atoms with E-state index in [-0.39, 0.29) is 0 Å². The molecule has 27 heavy (non-hydrogen) atoms. The maximum Gasteiger partial charge on any atom is 0.217 e. The van der Waals surface area contributed by atoms with Crippen molar-refractivity contribution in [2.75, 3.05) is 7.11 Å². The molecule has 0 aliphatic carbocycles. The summed E-state index contributed by atoms with van der Waals surface area (Å²) in [4.78, 5) is 4.90. The monoisotopic (exact) mass is 351 g/mol. The van der Waals surface area contributed by atoms with E-state index in [2.05, 4.69) is 67.6 Å². The number of methoxy groups -OCH3 is 1. The average Bonchev–Trinajstić information content (AvgIpc) is 2.75. The second kappa shape index (κ2) is 7.46. The van der Waals surface area contributed by atoms with Crippen LogP contribution in [0.4, 0.5) is 0 Å². The quantitative estimate of drug-likeness (QED) is 0.424. The maximum absolute atomic E-state index is 5.65. The van der Waals surface area contributed by atoms with Gasteiger partial charge in [0.15, 0.2) is 0 Å². The van der Waals surface area contributed by atoms with Crippen molar-refractivity contribution in [1.82, 2.24) is 4.98 Å². The van der Waals surface area contributed by atoms with Crippen LogP contribution in [0.25, 0.3) is 33.5 Å². The normalized spacial score (nSPS) is 10.6. The van der Waals surface area contributed by atoms with E-state index in [1.165, 1.54) is 0 Å². The molecule has 1 heterocycles. The minimum Gasteiger partial charge on any atom is -0.481 e. The molecule has 0 spiro atoms. The molecular formula is C25H21NO. The lowest BCUT2D eigenvalue weighted by Crippen LogP contribution is -2.01. The standard InChI is InChI=1S/C25H21NO/c1-18-22(19-12-6-3-7-13-19)23(20-14-8-4-9-15-20)24(26-25(18)27-2)21-16-10-5-11-17-21/h3-17H,1-2H3. The second-order valence-electron chi connectivity index (χ2n) is 6.44. The Hall–Kier alpha value is -3.39. The zero-order chi connectivity index (χ0) is 18.6. The van der Waals surface area contributed by atoms with E-state index in [1.54, 1.807) is 7.11 Å². The molecular weight excluding hydrogens is 330 g/mol. The Balaban J connectivity index is 2.13. The molecule has 3 aromatic carbocycles. The first kappa shape index (κ1) is 17.0. The highest BCUT2D eigenvalue weighted by Crippen LogP contribution is 2.43. The molecule has 0 atom stereocenters. The van der Waals surface area contributed by atoms with Crippen molar-refractivity contribution in [3.8, 4) is 39.4 Å². The number of nitrogens with zero attached hydrogens (tertiary/aromatic N) is 1. The van der Waals surface area contributed by atoms with Gasteiger partial charge in [0.25, 0.3) is 0 Å². The van der Waals surface area contributed by atoms with Gasteiger partial charge in [-0.05, 0) is 23.6 Å². The highest BCUT2D eigenvalue weighted by molar-refractivity contribution is 5.95. The summed E-state index contributed by atoms with van der Waals surface area (Å²) in [6.45, 7) is 2.08. The van der Waals surface area contributed by atoms with Gasteiger partial charge < -0.3 is 4.74 Å². The SMILES string of the molecule is COc1nc(-c2ccccc2)c(-c2ccccc2)c(-c2ccccc2)c1C. The number of pyridine rings is 1. The van der Waals surface area contributed by atoms with Gasteiger partial charge in [0.05, 0.1) is 12.8 Å². The van der Waals surface area contributed by atoms with Crippen LogP contribution in [0.1, 0.15) is 5.56 Å². The van der Waals surface area contributed by atoms with Crippen molar-refractivity contribution in [2.24, 2.45) is 0 Å². The van der Waals surface area contributed by atoms with Crippen LogP contribution in [-0.2, 0) is 0 Å². The van der Waals surface area contributed by atoms with E-state index in [1.807, 2.05) is 30.3 Å². The molecule has 0 radical (unpaired) electrons. The van der Waals surface area contributed by atoms with E-state index in [0.717, 1.165) is 39.1 Å². The summed E-state index contributed by atoms with van der Waals surface area (Å²) >= 11 is 0. The molecule has 0 unspecified atom stereocenters. The molecule has 4 rings (SSSR count). The molecule has 0 saturated heterocycles. The summed E-state index contributed by atoms with van der Waals surface area (Å²) in [7, 11) is 1.68. The van der Waals surface area contributed by atoms with Crippen molar-refractivity contribution < 1.29 is 4.74 Å². The Kier molecular flexibility index (Phi) is 4.71. The molecule has 0 aliphatic rings. The second-order valence-corrected chi connectivity index (χ2v) is 6.44. The van der Waals surface area contributed by atoms with Crippen LogP contribution in [0.3, 0.4) is 0 Å². The topological polar surface area (TPSA) is 22.1 Å². The van der Waals surface area contributed by atoms with E-state index in [0.29, 0.717) is 5.88 Å². The minimum atomic E-state index is 0.660. The largest absolute Gasteiger partial charge is 0.481 e. The molecule has 2 nitrogen and oxygen atoms in total. The molecule has 0 amide bonds. The van der Waals surface area contributed by atoms with Crippen LogP contribution >= 0.6 is 0 Å². The Morgan fingerprint density at radius 3 is 1.52 bits per heavy atom. The van der Waals surface area contributed by atoms with Crippen molar-refractivity contribution in [2.45, 2.75) is 6.92 Å². The first-order valence-electron chi connectivity index (χ1n) is 9.04. The molecule has 4 aromatic rings. The molecule has 132 valence electrons. The number of rotatable bonds is 4. The lowest BCUT2D eigenvalue weighted by molar-refractivity contribution is 0.395. The highest BCUT2D eigenvalue weighted by atomic mass is 16.5. The predicted molar refractivity (Wildman–Crippen MR) is 112 cm³/mol. The summed E-state index contributed by atoms with van der Waals surface area (Å²) < 4.78 is 5.65. The first-order valence-corrected chi connectivity index (χ1v) is 9.04. The molecule has 0 N–H and O–H groups in total. The Labute approximate surface area is 160 Å². The van der Waals surface area contributed by atoms with Gasteiger partial charge in [-0.2, -0.15) is 0 Å². The fourth-order valence-corrected chi connectivity index (χ4v) is 3.51. The predicted octanol–water partition coefficient (Wildman–Crippen LogP) is 6.40. The summed E-state index contributed by atoms with van der Waals surface area (Å²) in [5, 5.41) is 0. The third-order valence-electron chi connectivity index (χ3n) is 4.76. The van der Waals surface area contributed by atoms with Gasteiger partial charge in [0.2, 0.25) is 5.88 Å². The minimum absolute atomic E-state index is 0.660. The van der Waals surface area contributed by atoms with Gasteiger partial charge in [-0.25, -0.2) is 4.98 Å². The number of aromatic nitrogens is 1. The van der Waals surface area contributed by atoms with Gasteiger partial charge >= 0.3 is 0 Å². The van der Waals surface area contributed by atoms with E-state index in [4.69, 9.17) is 9.72 Å². The fourth-order valence-electron chi connectivity index (χ4n) is 3.51. The summed E-state index contributed by atoms with van der Waals surface area (Å²) in [6.07, 6.45) is 0. The van der Waals surface area contributed by atoms with Gasteiger partial charge in [-0.1, -0.05) is 91.0 Å². The molecule has 0 saturated carbocycles. The average molecular weight is 351 g/mol. The third kappa shape index (κ3) is 3.22. The van der Waals surface area contributed by atoms with Crippen LogP contribution in [-0.4, -0.2) is 12.1 Å². The third-order valence-corrected chi connectivity index (χ3v) is 4.76. The Bertz CT molecular complexity index is 1040. The number of benzene rings is 3. The number of hydrogen-bond acceptors (Lipinski definition) is 2. The Morgan fingerprint density at radius 2 is 1.04 bits per heavy atom. The number of ether oxygens (including phenoxy) is 1. The summed E-state index contributed by atoms with van der Waals surface area (Å²) in [5.74, 6) is 0.660. The van der Waals surface area contributed by atoms with Crippen LogP contribution in [0.5, 0.6) is 5.88 Å². The highest BCUT2D eigenvalue weighted by Gasteiger charge is 2.21. The van der Waals surface area contributed by atoms with Gasteiger partial charge in [-0.3, -0.25) is 0 Å². The van der Waals surface area contributed by atoms with Crippen LogP contribution in [0, 0.1) is 6.92 Å². The van der Waals surface area contributed by atoms with Crippen molar-refractivity contribution >= 4 is 0 Å². The lowest BCUT2D eigenvalue weighted by atomic mass is 9.88. The van der Waals surface area contributed by atoms with Gasteiger partial charge in [-0.15, -0.1) is 0 Å². The van der Waals surface area contributed by atoms with Crippen LogP contribution < -0.4 is 4.74 Å². The van der Waals surface area contributed by atoms with E-state index < -0.39 is 0 Å². The zero-order valence-corrected chi connectivity index (χ0v) is 15.5.